The molecule has 0 aliphatic carbocycles. The summed E-state index contributed by atoms with van der Waals surface area (Å²) in [4.78, 5) is 11.9. The van der Waals surface area contributed by atoms with E-state index in [0.717, 1.165) is 31.5 Å². The second kappa shape index (κ2) is 8.35. The topological polar surface area (TPSA) is 50.4 Å². The van der Waals surface area contributed by atoms with Crippen molar-refractivity contribution in [3.8, 4) is 5.75 Å². The van der Waals surface area contributed by atoms with Crippen LogP contribution in [0.4, 0.5) is 23.2 Å². The molecular formula is C14H17ClF4N2O2. The number of carbonyl (C=O) groups excluding carboxylic acids is 1. The molecule has 1 aliphatic heterocycles. The molecule has 0 bridgehead atoms. The quantitative estimate of drug-likeness (QED) is 0.796. The third-order valence-corrected chi connectivity index (χ3v) is 3.20. The largest absolute Gasteiger partial charge is 0.482 e. The number of hydrogen-bond donors (Lipinski definition) is 2. The third kappa shape index (κ3) is 6.62. The van der Waals surface area contributed by atoms with Crippen molar-refractivity contribution in [3.63, 3.8) is 0 Å². The maximum Gasteiger partial charge on any atom is 0.422 e. The summed E-state index contributed by atoms with van der Waals surface area (Å²) in [6.07, 6.45) is -2.49. The number of alkyl halides is 3. The normalized spacial score (nSPS) is 17.5. The Bertz CT molecular complexity index is 534. The number of anilines is 1. The molecule has 4 nitrogen and oxygen atoms in total. The van der Waals surface area contributed by atoms with E-state index >= 15 is 0 Å². The van der Waals surface area contributed by atoms with Gasteiger partial charge in [-0.2, -0.15) is 13.2 Å². The number of carbonyl (C=O) groups is 1. The molecule has 1 amide bonds. The molecule has 1 unspecified atom stereocenters. The minimum atomic E-state index is -4.54. The number of hydrogen-bond acceptors (Lipinski definition) is 3. The summed E-state index contributed by atoms with van der Waals surface area (Å²) in [6, 6.07) is 3.10. The van der Waals surface area contributed by atoms with Gasteiger partial charge in [-0.15, -0.1) is 12.4 Å². The van der Waals surface area contributed by atoms with E-state index < -0.39 is 18.6 Å². The van der Waals surface area contributed by atoms with Gasteiger partial charge in [0.25, 0.3) is 0 Å². The lowest BCUT2D eigenvalue weighted by Gasteiger charge is -2.15. The van der Waals surface area contributed by atoms with Gasteiger partial charge in [0.15, 0.2) is 6.61 Å². The maximum absolute atomic E-state index is 13.1. The number of halogens is 5. The van der Waals surface area contributed by atoms with Gasteiger partial charge in [0.1, 0.15) is 11.6 Å². The second-order valence-electron chi connectivity index (χ2n) is 5.09. The lowest BCUT2D eigenvalue weighted by atomic mass is 10.1. The molecule has 1 aromatic carbocycles. The van der Waals surface area contributed by atoms with Crippen LogP contribution < -0.4 is 15.4 Å². The highest BCUT2D eigenvalue weighted by Gasteiger charge is 2.29. The molecule has 1 atom stereocenters. The van der Waals surface area contributed by atoms with Crippen LogP contribution >= 0.6 is 12.4 Å². The number of amides is 1. The fraction of sp³-hybridized carbons (Fsp3) is 0.500. The summed E-state index contributed by atoms with van der Waals surface area (Å²) < 4.78 is 54.3. The van der Waals surface area contributed by atoms with E-state index in [1.807, 2.05) is 0 Å². The highest BCUT2D eigenvalue weighted by molar-refractivity contribution is 5.92. The summed E-state index contributed by atoms with van der Waals surface area (Å²) in [7, 11) is 0. The monoisotopic (exact) mass is 356 g/mol. The standard InChI is InChI=1S/C14H16F4N2O2.ClH/c15-9-3-4-11(12(6-9)22-8-14(16,17)18)20-13(21)7-10-2-1-5-19-10;/h3-4,6,10,19H,1-2,5,7-8H2,(H,20,21);1H. The van der Waals surface area contributed by atoms with Crippen LogP contribution in [0.2, 0.25) is 0 Å². The smallest absolute Gasteiger partial charge is 0.422 e. The lowest BCUT2D eigenvalue weighted by molar-refractivity contribution is -0.153. The van der Waals surface area contributed by atoms with Crippen molar-refractivity contribution in [1.82, 2.24) is 5.32 Å². The van der Waals surface area contributed by atoms with Crippen molar-refractivity contribution >= 4 is 24.0 Å². The molecule has 1 heterocycles. The van der Waals surface area contributed by atoms with E-state index in [1.54, 1.807) is 0 Å². The van der Waals surface area contributed by atoms with Gasteiger partial charge >= 0.3 is 6.18 Å². The number of ether oxygens (including phenoxy) is 1. The number of nitrogens with one attached hydrogen (secondary N) is 2. The van der Waals surface area contributed by atoms with E-state index in [-0.39, 0.29) is 42.2 Å². The van der Waals surface area contributed by atoms with E-state index in [2.05, 4.69) is 15.4 Å². The Morgan fingerprint density at radius 1 is 1.39 bits per heavy atom. The summed E-state index contributed by atoms with van der Waals surface area (Å²) in [6.45, 7) is -0.710. The van der Waals surface area contributed by atoms with Gasteiger partial charge in [-0.3, -0.25) is 4.79 Å². The molecule has 1 aliphatic rings. The first-order valence-electron chi connectivity index (χ1n) is 6.86. The van der Waals surface area contributed by atoms with Gasteiger partial charge in [-0.05, 0) is 31.5 Å². The van der Waals surface area contributed by atoms with Crippen LogP contribution in [0.1, 0.15) is 19.3 Å². The van der Waals surface area contributed by atoms with E-state index in [1.165, 1.54) is 6.07 Å². The van der Waals surface area contributed by atoms with Crippen molar-refractivity contribution < 1.29 is 27.1 Å². The van der Waals surface area contributed by atoms with Crippen LogP contribution in [0.25, 0.3) is 0 Å². The molecule has 130 valence electrons. The molecule has 0 radical (unpaired) electrons. The second-order valence-corrected chi connectivity index (χ2v) is 5.09. The molecule has 23 heavy (non-hydrogen) atoms. The predicted molar refractivity (Wildman–Crippen MR) is 79.5 cm³/mol. The van der Waals surface area contributed by atoms with Crippen molar-refractivity contribution in [3.05, 3.63) is 24.0 Å². The van der Waals surface area contributed by atoms with Gasteiger partial charge in [0, 0.05) is 18.5 Å². The fourth-order valence-electron chi connectivity index (χ4n) is 2.23. The molecule has 1 aromatic rings. The Labute approximate surface area is 137 Å². The molecule has 1 saturated heterocycles. The SMILES string of the molecule is Cl.O=C(CC1CCCN1)Nc1ccc(F)cc1OCC(F)(F)F. The maximum atomic E-state index is 13.1. The third-order valence-electron chi connectivity index (χ3n) is 3.20. The van der Waals surface area contributed by atoms with E-state index in [0.29, 0.717) is 0 Å². The van der Waals surface area contributed by atoms with Gasteiger partial charge < -0.3 is 15.4 Å². The number of rotatable bonds is 5. The van der Waals surface area contributed by atoms with E-state index in [9.17, 15) is 22.4 Å². The molecule has 0 spiro atoms. The van der Waals surface area contributed by atoms with Crippen LogP contribution in [0.5, 0.6) is 5.75 Å². The summed E-state index contributed by atoms with van der Waals surface area (Å²) >= 11 is 0. The highest BCUT2D eigenvalue weighted by Crippen LogP contribution is 2.28. The Balaban J connectivity index is 0.00000264. The fourth-order valence-corrected chi connectivity index (χ4v) is 2.23. The first-order valence-corrected chi connectivity index (χ1v) is 6.86. The van der Waals surface area contributed by atoms with E-state index in [4.69, 9.17) is 0 Å². The van der Waals surface area contributed by atoms with Crippen LogP contribution in [0.15, 0.2) is 18.2 Å². The average molecular weight is 357 g/mol. The molecule has 2 N–H and O–H groups in total. The Hall–Kier alpha value is -1.54. The number of benzene rings is 1. The average Bonchev–Trinajstić information content (AvgIpc) is 2.91. The first kappa shape index (κ1) is 19.5. The minimum Gasteiger partial charge on any atom is -0.482 e. The van der Waals surface area contributed by atoms with Crippen LogP contribution in [-0.2, 0) is 4.79 Å². The van der Waals surface area contributed by atoms with Crippen LogP contribution in [0, 0.1) is 5.82 Å². The minimum absolute atomic E-state index is 0. The summed E-state index contributed by atoms with van der Waals surface area (Å²) in [5.74, 6) is -1.44. The predicted octanol–water partition coefficient (Wildman–Crippen LogP) is 3.27. The highest BCUT2D eigenvalue weighted by atomic mass is 35.5. The van der Waals surface area contributed by atoms with Gasteiger partial charge in [0.05, 0.1) is 5.69 Å². The van der Waals surface area contributed by atoms with Gasteiger partial charge in [-0.25, -0.2) is 4.39 Å². The van der Waals surface area contributed by atoms with Crippen LogP contribution in [0.3, 0.4) is 0 Å². The zero-order valence-corrected chi connectivity index (χ0v) is 12.9. The zero-order chi connectivity index (χ0) is 16.2. The van der Waals surface area contributed by atoms with Gasteiger partial charge in [-0.1, -0.05) is 0 Å². The lowest BCUT2D eigenvalue weighted by Crippen LogP contribution is -2.27. The summed E-state index contributed by atoms with van der Waals surface area (Å²) in [5.41, 5.74) is 0.0219. The first-order chi connectivity index (χ1) is 10.3. The molecule has 0 saturated carbocycles. The van der Waals surface area contributed by atoms with Gasteiger partial charge in [0.2, 0.25) is 5.91 Å². The molecule has 9 heteroatoms. The zero-order valence-electron chi connectivity index (χ0n) is 12.1. The summed E-state index contributed by atoms with van der Waals surface area (Å²) in [5, 5.41) is 5.60. The Morgan fingerprint density at radius 3 is 2.74 bits per heavy atom. The molecule has 0 aromatic heterocycles. The van der Waals surface area contributed by atoms with Crippen molar-refractivity contribution in [2.45, 2.75) is 31.5 Å². The van der Waals surface area contributed by atoms with Crippen molar-refractivity contribution in [2.24, 2.45) is 0 Å². The molecule has 1 fully saturated rings. The molecular weight excluding hydrogens is 340 g/mol. The van der Waals surface area contributed by atoms with Crippen molar-refractivity contribution in [2.75, 3.05) is 18.5 Å². The Morgan fingerprint density at radius 2 is 2.13 bits per heavy atom. The molecule has 2 rings (SSSR count). The Kier molecular flexibility index (Phi) is 7.08. The van der Waals surface area contributed by atoms with Crippen LogP contribution in [-0.4, -0.2) is 31.3 Å². The van der Waals surface area contributed by atoms with Crippen molar-refractivity contribution in [1.29, 1.82) is 0 Å².